The molecule has 0 saturated carbocycles. The van der Waals surface area contributed by atoms with Gasteiger partial charge in [-0.05, 0) is 30.3 Å². The second kappa shape index (κ2) is 8.07. The molecular weight excluding hydrogens is 402 g/mol. The summed E-state index contributed by atoms with van der Waals surface area (Å²) in [6, 6.07) is 19.4. The predicted octanol–water partition coefficient (Wildman–Crippen LogP) is 3.62. The maximum absolute atomic E-state index is 12.6. The summed E-state index contributed by atoms with van der Waals surface area (Å²) in [6.45, 7) is -0.594. The molecule has 1 aliphatic heterocycles. The molecule has 0 unspecified atom stereocenters. The zero-order valence-electron chi connectivity index (χ0n) is 16.0. The minimum atomic E-state index is -0.878. The molecule has 9 heteroatoms. The summed E-state index contributed by atoms with van der Waals surface area (Å²) in [5.41, 5.74) is -0.530. The van der Waals surface area contributed by atoms with Gasteiger partial charge in [0.2, 0.25) is 5.91 Å². The number of fused-ring (bicyclic) bond motifs is 1. The maximum Gasteiger partial charge on any atom is 0.282 e. The van der Waals surface area contributed by atoms with Crippen LogP contribution in [0.4, 0.5) is 11.4 Å². The smallest absolute Gasteiger partial charge is 0.282 e. The number of carbonyl (C=O) groups is 3. The zero-order chi connectivity index (χ0) is 22.0. The van der Waals surface area contributed by atoms with Gasteiger partial charge < -0.3 is 10.1 Å². The van der Waals surface area contributed by atoms with Crippen molar-refractivity contribution in [1.29, 1.82) is 0 Å². The first kappa shape index (κ1) is 19.8. The SMILES string of the molecule is O=C(CN1C(=O)c2cccc([N+](=O)[O-])c2C1=O)Nc1ccccc1Oc1ccccc1. The van der Waals surface area contributed by atoms with E-state index in [-0.39, 0.29) is 11.1 Å². The number of para-hydroxylation sites is 3. The van der Waals surface area contributed by atoms with Crippen molar-refractivity contribution in [1.82, 2.24) is 4.90 Å². The lowest BCUT2D eigenvalue weighted by atomic mass is 10.1. The second-order valence-electron chi connectivity index (χ2n) is 6.61. The highest BCUT2D eigenvalue weighted by atomic mass is 16.6. The number of carbonyl (C=O) groups excluding carboxylic acids is 3. The molecule has 1 N–H and O–H groups in total. The third-order valence-corrected chi connectivity index (χ3v) is 4.61. The van der Waals surface area contributed by atoms with Crippen molar-refractivity contribution in [3.05, 3.63) is 94.0 Å². The molecule has 3 amide bonds. The number of nitro groups is 1. The first-order valence-electron chi connectivity index (χ1n) is 9.21. The lowest BCUT2D eigenvalue weighted by Gasteiger charge is -2.15. The molecule has 0 radical (unpaired) electrons. The molecule has 31 heavy (non-hydrogen) atoms. The number of imide groups is 1. The summed E-state index contributed by atoms with van der Waals surface area (Å²) in [4.78, 5) is 48.9. The standard InChI is InChI=1S/C22H15N3O6/c26-19(23-16-10-4-5-12-18(16)31-14-7-2-1-3-8-14)13-24-21(27)15-9-6-11-17(25(29)30)20(15)22(24)28/h1-12H,13H2,(H,23,26). The van der Waals surface area contributed by atoms with Gasteiger partial charge in [-0.25, -0.2) is 0 Å². The van der Waals surface area contributed by atoms with Crippen LogP contribution in [0.1, 0.15) is 20.7 Å². The average Bonchev–Trinajstić information content (AvgIpc) is 3.00. The Bertz CT molecular complexity index is 1210. The lowest BCUT2D eigenvalue weighted by Crippen LogP contribution is -2.37. The summed E-state index contributed by atoms with van der Waals surface area (Å²) in [5.74, 6) is -1.35. The van der Waals surface area contributed by atoms with Crippen LogP contribution >= 0.6 is 0 Å². The van der Waals surface area contributed by atoms with Crippen LogP contribution in [-0.2, 0) is 4.79 Å². The summed E-state index contributed by atoms with van der Waals surface area (Å²) >= 11 is 0. The van der Waals surface area contributed by atoms with Gasteiger partial charge in [0.15, 0.2) is 5.75 Å². The topological polar surface area (TPSA) is 119 Å². The minimum absolute atomic E-state index is 0.0974. The molecule has 0 fully saturated rings. The molecule has 154 valence electrons. The Morgan fingerprint density at radius 3 is 2.39 bits per heavy atom. The quantitative estimate of drug-likeness (QED) is 0.372. The van der Waals surface area contributed by atoms with Crippen molar-refractivity contribution in [3.63, 3.8) is 0 Å². The van der Waals surface area contributed by atoms with Crippen LogP contribution in [0.3, 0.4) is 0 Å². The molecule has 9 nitrogen and oxygen atoms in total. The molecule has 1 heterocycles. The number of hydrogen-bond donors (Lipinski definition) is 1. The largest absolute Gasteiger partial charge is 0.455 e. The van der Waals surface area contributed by atoms with Crippen LogP contribution in [0.2, 0.25) is 0 Å². The Hall–Kier alpha value is -4.53. The summed E-state index contributed by atoms with van der Waals surface area (Å²) < 4.78 is 5.78. The van der Waals surface area contributed by atoms with Crippen LogP contribution in [0.5, 0.6) is 11.5 Å². The fourth-order valence-corrected chi connectivity index (χ4v) is 3.22. The fraction of sp³-hybridized carbons (Fsp3) is 0.0455. The van der Waals surface area contributed by atoms with Crippen LogP contribution < -0.4 is 10.1 Å². The van der Waals surface area contributed by atoms with Crippen LogP contribution in [-0.4, -0.2) is 34.1 Å². The number of anilines is 1. The van der Waals surface area contributed by atoms with Crippen LogP contribution in [0.25, 0.3) is 0 Å². The van der Waals surface area contributed by atoms with Crippen molar-refractivity contribution in [2.75, 3.05) is 11.9 Å². The number of hydrogen-bond acceptors (Lipinski definition) is 6. The third kappa shape index (κ3) is 3.84. The van der Waals surface area contributed by atoms with Crippen molar-refractivity contribution in [2.45, 2.75) is 0 Å². The van der Waals surface area contributed by atoms with Gasteiger partial charge in [0, 0.05) is 6.07 Å². The van der Waals surface area contributed by atoms with E-state index in [0.29, 0.717) is 22.1 Å². The van der Waals surface area contributed by atoms with Gasteiger partial charge in [-0.3, -0.25) is 29.4 Å². The number of rotatable bonds is 6. The Balaban J connectivity index is 1.52. The van der Waals surface area contributed by atoms with E-state index in [1.54, 1.807) is 48.5 Å². The maximum atomic E-state index is 12.6. The van der Waals surface area contributed by atoms with E-state index < -0.39 is 34.9 Å². The number of benzene rings is 3. The molecule has 3 aromatic carbocycles. The number of ether oxygens (including phenoxy) is 1. The monoisotopic (exact) mass is 417 g/mol. The zero-order valence-corrected chi connectivity index (χ0v) is 16.0. The van der Waals surface area contributed by atoms with Crippen molar-refractivity contribution < 1.29 is 24.0 Å². The first-order chi connectivity index (χ1) is 15.0. The minimum Gasteiger partial charge on any atom is -0.455 e. The highest BCUT2D eigenvalue weighted by molar-refractivity contribution is 6.24. The van der Waals surface area contributed by atoms with Crippen molar-refractivity contribution in [3.8, 4) is 11.5 Å². The van der Waals surface area contributed by atoms with E-state index in [1.165, 1.54) is 12.1 Å². The van der Waals surface area contributed by atoms with E-state index in [2.05, 4.69) is 5.32 Å². The van der Waals surface area contributed by atoms with Gasteiger partial charge in [-0.1, -0.05) is 36.4 Å². The number of amides is 3. The number of nitrogens with zero attached hydrogens (tertiary/aromatic N) is 2. The Morgan fingerprint density at radius 2 is 1.65 bits per heavy atom. The molecule has 0 aromatic heterocycles. The van der Waals surface area contributed by atoms with Gasteiger partial charge in [0.05, 0.1) is 16.2 Å². The molecule has 0 bridgehead atoms. The normalized spacial score (nSPS) is 12.5. The van der Waals surface area contributed by atoms with Crippen molar-refractivity contribution >= 4 is 29.1 Å². The van der Waals surface area contributed by atoms with E-state index in [9.17, 15) is 24.5 Å². The van der Waals surface area contributed by atoms with Gasteiger partial charge in [0.25, 0.3) is 17.5 Å². The van der Waals surface area contributed by atoms with E-state index in [1.807, 2.05) is 6.07 Å². The molecule has 0 saturated heterocycles. The molecule has 0 spiro atoms. The summed E-state index contributed by atoms with van der Waals surface area (Å²) in [5, 5.41) is 13.8. The second-order valence-corrected chi connectivity index (χ2v) is 6.61. The highest BCUT2D eigenvalue weighted by Gasteiger charge is 2.41. The molecule has 4 rings (SSSR count). The van der Waals surface area contributed by atoms with Crippen LogP contribution in [0.15, 0.2) is 72.8 Å². The van der Waals surface area contributed by atoms with Gasteiger partial charge in [-0.15, -0.1) is 0 Å². The first-order valence-corrected chi connectivity index (χ1v) is 9.21. The Morgan fingerprint density at radius 1 is 0.935 bits per heavy atom. The lowest BCUT2D eigenvalue weighted by molar-refractivity contribution is -0.385. The number of nitrogens with one attached hydrogen (secondary N) is 1. The van der Waals surface area contributed by atoms with Gasteiger partial charge in [0.1, 0.15) is 17.9 Å². The molecule has 1 aliphatic rings. The molecular formula is C22H15N3O6. The van der Waals surface area contributed by atoms with Gasteiger partial charge >= 0.3 is 0 Å². The summed E-state index contributed by atoms with van der Waals surface area (Å²) in [7, 11) is 0. The third-order valence-electron chi connectivity index (χ3n) is 4.61. The van der Waals surface area contributed by atoms with E-state index in [0.717, 1.165) is 6.07 Å². The fourth-order valence-electron chi connectivity index (χ4n) is 3.22. The summed E-state index contributed by atoms with van der Waals surface area (Å²) in [6.07, 6.45) is 0. The number of nitro benzene ring substituents is 1. The Labute approximate surface area is 176 Å². The molecule has 0 aliphatic carbocycles. The van der Waals surface area contributed by atoms with Crippen LogP contribution in [0, 0.1) is 10.1 Å². The highest BCUT2D eigenvalue weighted by Crippen LogP contribution is 2.31. The Kier molecular flexibility index (Phi) is 5.15. The predicted molar refractivity (Wildman–Crippen MR) is 110 cm³/mol. The van der Waals surface area contributed by atoms with E-state index in [4.69, 9.17) is 4.74 Å². The molecule has 0 atom stereocenters. The average molecular weight is 417 g/mol. The van der Waals surface area contributed by atoms with E-state index >= 15 is 0 Å². The van der Waals surface area contributed by atoms with Crippen molar-refractivity contribution in [2.24, 2.45) is 0 Å². The van der Waals surface area contributed by atoms with Gasteiger partial charge in [-0.2, -0.15) is 0 Å². The molecule has 3 aromatic rings.